The summed E-state index contributed by atoms with van der Waals surface area (Å²) in [6.45, 7) is -0.109. The number of hydrogen-bond acceptors (Lipinski definition) is 4. The Morgan fingerprint density at radius 3 is 2.70 bits per heavy atom. The van der Waals surface area contributed by atoms with E-state index in [9.17, 15) is 17.6 Å². The number of carboxylic acids is 1. The molecule has 1 heterocycles. The summed E-state index contributed by atoms with van der Waals surface area (Å²) in [5.74, 6) is -2.43. The van der Waals surface area contributed by atoms with E-state index >= 15 is 0 Å². The highest BCUT2D eigenvalue weighted by atomic mass is 32.2. The number of carboxylic acid groups (broad SMARTS) is 1. The molecular weight excluding hydrogens is 289 g/mol. The summed E-state index contributed by atoms with van der Waals surface area (Å²) in [6.07, 6.45) is 1.11. The molecular formula is C12H14FNO5S. The number of rotatable bonds is 4. The summed E-state index contributed by atoms with van der Waals surface area (Å²) in [6, 6.07) is 2.11. The van der Waals surface area contributed by atoms with Crippen LogP contribution in [0.4, 0.5) is 4.39 Å². The van der Waals surface area contributed by atoms with Gasteiger partial charge in [-0.1, -0.05) is 0 Å². The maximum atomic E-state index is 13.9. The predicted molar refractivity (Wildman–Crippen MR) is 67.4 cm³/mol. The maximum Gasteiger partial charge on any atom is 0.335 e. The van der Waals surface area contributed by atoms with Crippen molar-refractivity contribution in [1.82, 2.24) is 4.31 Å². The fourth-order valence-electron chi connectivity index (χ4n) is 2.28. The first-order valence-electron chi connectivity index (χ1n) is 6.03. The predicted octanol–water partition coefficient (Wildman–Crippen LogP) is 0.669. The van der Waals surface area contributed by atoms with Gasteiger partial charge in [-0.2, -0.15) is 4.31 Å². The van der Waals surface area contributed by atoms with E-state index in [0.29, 0.717) is 18.9 Å². The van der Waals surface area contributed by atoms with Gasteiger partial charge in [0.25, 0.3) is 0 Å². The summed E-state index contributed by atoms with van der Waals surface area (Å²) < 4.78 is 39.6. The second-order valence-corrected chi connectivity index (χ2v) is 6.40. The zero-order valence-electron chi connectivity index (χ0n) is 10.5. The molecule has 1 unspecified atom stereocenters. The van der Waals surface area contributed by atoms with E-state index in [-0.39, 0.29) is 18.7 Å². The smallest absolute Gasteiger partial charge is 0.335 e. The first kappa shape index (κ1) is 14.9. The lowest BCUT2D eigenvalue weighted by molar-refractivity contribution is 0.0696. The van der Waals surface area contributed by atoms with Crippen molar-refractivity contribution in [2.24, 2.45) is 0 Å². The lowest BCUT2D eigenvalue weighted by Crippen LogP contribution is -2.38. The number of halogens is 1. The topological polar surface area (TPSA) is 94.9 Å². The quantitative estimate of drug-likeness (QED) is 0.852. The standard InChI is InChI=1S/C12H14FNO5S/c13-10-6-8(12(16)17)3-4-11(10)20(18,19)14-5-1-2-9(14)7-15/h3-4,6,9,15H,1-2,5,7H2,(H,16,17). The van der Waals surface area contributed by atoms with Gasteiger partial charge < -0.3 is 10.2 Å². The van der Waals surface area contributed by atoms with Gasteiger partial charge >= 0.3 is 5.97 Å². The number of aromatic carboxylic acids is 1. The molecule has 0 radical (unpaired) electrons. The highest BCUT2D eigenvalue weighted by Gasteiger charge is 2.36. The first-order valence-corrected chi connectivity index (χ1v) is 7.47. The SMILES string of the molecule is O=C(O)c1ccc(S(=O)(=O)N2CCCC2CO)c(F)c1. The Hall–Kier alpha value is -1.51. The van der Waals surface area contributed by atoms with E-state index in [2.05, 4.69) is 0 Å². The highest BCUT2D eigenvalue weighted by molar-refractivity contribution is 7.89. The average Bonchev–Trinajstić information content (AvgIpc) is 2.87. The fourth-order valence-corrected chi connectivity index (χ4v) is 4.01. The van der Waals surface area contributed by atoms with E-state index in [1.165, 1.54) is 0 Å². The molecule has 2 rings (SSSR count). The molecule has 0 spiro atoms. The van der Waals surface area contributed by atoms with Crippen molar-refractivity contribution in [3.63, 3.8) is 0 Å². The van der Waals surface area contributed by atoms with Crippen LogP contribution in [0, 0.1) is 5.82 Å². The number of benzene rings is 1. The molecule has 1 atom stereocenters. The van der Waals surface area contributed by atoms with Gasteiger partial charge in [0.05, 0.1) is 12.2 Å². The Kier molecular flexibility index (Phi) is 4.07. The zero-order chi connectivity index (χ0) is 14.9. The average molecular weight is 303 g/mol. The van der Waals surface area contributed by atoms with Crippen LogP contribution in [0.25, 0.3) is 0 Å². The van der Waals surface area contributed by atoms with Crippen LogP contribution in [0.2, 0.25) is 0 Å². The normalized spacial score (nSPS) is 20.2. The van der Waals surface area contributed by atoms with E-state index in [4.69, 9.17) is 10.2 Å². The number of hydrogen-bond donors (Lipinski definition) is 2. The monoisotopic (exact) mass is 303 g/mol. The van der Waals surface area contributed by atoms with Crippen LogP contribution in [0.1, 0.15) is 23.2 Å². The van der Waals surface area contributed by atoms with Crippen molar-refractivity contribution in [2.45, 2.75) is 23.8 Å². The minimum Gasteiger partial charge on any atom is -0.478 e. The van der Waals surface area contributed by atoms with E-state index in [1.807, 2.05) is 0 Å². The van der Waals surface area contributed by atoms with Gasteiger partial charge in [-0.05, 0) is 31.0 Å². The Labute approximate surface area is 115 Å². The molecule has 0 aliphatic carbocycles. The third-order valence-corrected chi connectivity index (χ3v) is 5.28. The molecule has 1 saturated heterocycles. The molecule has 1 aliphatic heterocycles. The first-order chi connectivity index (χ1) is 9.37. The van der Waals surface area contributed by atoms with Crippen molar-refractivity contribution in [2.75, 3.05) is 13.2 Å². The summed E-state index contributed by atoms with van der Waals surface area (Å²) >= 11 is 0. The van der Waals surface area contributed by atoms with Crippen molar-refractivity contribution < 1.29 is 27.8 Å². The molecule has 8 heteroatoms. The molecule has 0 amide bonds. The minimum atomic E-state index is -4.07. The molecule has 0 saturated carbocycles. The highest BCUT2D eigenvalue weighted by Crippen LogP contribution is 2.27. The van der Waals surface area contributed by atoms with Crippen LogP contribution in [-0.4, -0.2) is 48.1 Å². The third kappa shape index (κ3) is 2.54. The second-order valence-electron chi connectivity index (χ2n) is 4.54. The lowest BCUT2D eigenvalue weighted by Gasteiger charge is -2.22. The Morgan fingerprint density at radius 1 is 1.45 bits per heavy atom. The number of aliphatic hydroxyl groups is 1. The molecule has 0 bridgehead atoms. The number of nitrogens with zero attached hydrogens (tertiary/aromatic N) is 1. The van der Waals surface area contributed by atoms with Gasteiger partial charge in [0.15, 0.2) is 0 Å². The van der Waals surface area contributed by atoms with Crippen LogP contribution in [0.3, 0.4) is 0 Å². The van der Waals surface area contributed by atoms with Crippen LogP contribution >= 0.6 is 0 Å². The van der Waals surface area contributed by atoms with Gasteiger partial charge in [0.1, 0.15) is 10.7 Å². The van der Waals surface area contributed by atoms with Crippen molar-refractivity contribution >= 4 is 16.0 Å². The molecule has 20 heavy (non-hydrogen) atoms. The van der Waals surface area contributed by atoms with Gasteiger partial charge in [0.2, 0.25) is 10.0 Å². The third-order valence-electron chi connectivity index (χ3n) is 3.30. The van der Waals surface area contributed by atoms with Gasteiger partial charge in [-0.25, -0.2) is 17.6 Å². The molecule has 2 N–H and O–H groups in total. The zero-order valence-corrected chi connectivity index (χ0v) is 11.3. The number of sulfonamides is 1. The molecule has 1 aromatic carbocycles. The summed E-state index contributed by atoms with van der Waals surface area (Å²) in [5, 5.41) is 17.9. The van der Waals surface area contributed by atoms with Crippen LogP contribution < -0.4 is 0 Å². The summed E-state index contributed by atoms with van der Waals surface area (Å²) in [5.41, 5.74) is -0.318. The van der Waals surface area contributed by atoms with Crippen molar-refractivity contribution in [3.05, 3.63) is 29.6 Å². The molecule has 110 valence electrons. The molecule has 6 nitrogen and oxygen atoms in total. The summed E-state index contributed by atoms with van der Waals surface area (Å²) in [4.78, 5) is 10.1. The molecule has 1 aliphatic rings. The Morgan fingerprint density at radius 2 is 2.15 bits per heavy atom. The van der Waals surface area contributed by atoms with E-state index < -0.39 is 32.7 Å². The lowest BCUT2D eigenvalue weighted by atomic mass is 10.2. The molecule has 1 aromatic rings. The maximum absolute atomic E-state index is 13.9. The van der Waals surface area contributed by atoms with Crippen LogP contribution in [0.15, 0.2) is 23.1 Å². The van der Waals surface area contributed by atoms with E-state index in [0.717, 1.165) is 16.4 Å². The van der Waals surface area contributed by atoms with Crippen LogP contribution in [-0.2, 0) is 10.0 Å². The number of aliphatic hydroxyl groups excluding tert-OH is 1. The Balaban J connectivity index is 2.42. The van der Waals surface area contributed by atoms with Crippen LogP contribution in [0.5, 0.6) is 0 Å². The van der Waals surface area contributed by atoms with Gasteiger partial charge in [-0.3, -0.25) is 0 Å². The Bertz CT molecular complexity index is 631. The van der Waals surface area contributed by atoms with Gasteiger partial charge in [-0.15, -0.1) is 0 Å². The van der Waals surface area contributed by atoms with Crippen molar-refractivity contribution in [3.8, 4) is 0 Å². The fraction of sp³-hybridized carbons (Fsp3) is 0.417. The molecule has 0 aromatic heterocycles. The largest absolute Gasteiger partial charge is 0.478 e. The van der Waals surface area contributed by atoms with Gasteiger partial charge in [0, 0.05) is 12.6 Å². The van der Waals surface area contributed by atoms with Crippen molar-refractivity contribution in [1.29, 1.82) is 0 Å². The molecule has 1 fully saturated rings. The second kappa shape index (κ2) is 5.47. The summed E-state index contributed by atoms with van der Waals surface area (Å²) in [7, 11) is -4.07. The minimum absolute atomic E-state index is 0.216. The number of carbonyl (C=O) groups is 1. The van der Waals surface area contributed by atoms with E-state index in [1.54, 1.807) is 0 Å².